The fraction of sp³-hybridized carbons (Fsp3) is 0.263. The summed E-state index contributed by atoms with van der Waals surface area (Å²) in [6.07, 6.45) is 0.927. The average molecular weight is 340 g/mol. The van der Waals surface area contributed by atoms with Crippen LogP contribution in [0.1, 0.15) is 12.8 Å². The zero-order chi connectivity index (χ0) is 17.6. The maximum absolute atomic E-state index is 12.2. The standard InChI is InChI=1S/C19H20N2O4/c1-21-18(23)13-25-16-10-5-9-15(19(16)21)20-17(22)11-6-12-24-14-7-3-2-4-8-14/h2-5,7-10H,6,11-13H2,1H3,(H,20,22). The fourth-order valence-electron chi connectivity index (χ4n) is 2.60. The highest BCUT2D eigenvalue weighted by molar-refractivity contribution is 6.04. The van der Waals surface area contributed by atoms with Gasteiger partial charge in [-0.15, -0.1) is 0 Å². The van der Waals surface area contributed by atoms with Crippen molar-refractivity contribution in [1.29, 1.82) is 0 Å². The van der Waals surface area contributed by atoms with E-state index in [4.69, 9.17) is 9.47 Å². The van der Waals surface area contributed by atoms with Gasteiger partial charge in [-0.1, -0.05) is 24.3 Å². The van der Waals surface area contributed by atoms with Crippen LogP contribution in [0.4, 0.5) is 11.4 Å². The van der Waals surface area contributed by atoms with Crippen LogP contribution in [-0.2, 0) is 9.59 Å². The Morgan fingerprint density at radius 1 is 1.20 bits per heavy atom. The minimum Gasteiger partial charge on any atom is -0.494 e. The molecular weight excluding hydrogens is 320 g/mol. The number of fused-ring (bicyclic) bond motifs is 1. The van der Waals surface area contributed by atoms with Crippen molar-refractivity contribution in [2.24, 2.45) is 0 Å². The third-order valence-electron chi connectivity index (χ3n) is 3.89. The molecule has 1 aliphatic rings. The first-order valence-corrected chi connectivity index (χ1v) is 8.15. The van der Waals surface area contributed by atoms with Gasteiger partial charge in [0.15, 0.2) is 6.61 Å². The van der Waals surface area contributed by atoms with Gasteiger partial charge >= 0.3 is 0 Å². The van der Waals surface area contributed by atoms with E-state index in [1.165, 1.54) is 4.90 Å². The van der Waals surface area contributed by atoms with Crippen molar-refractivity contribution in [3.8, 4) is 11.5 Å². The van der Waals surface area contributed by atoms with Crippen molar-refractivity contribution < 1.29 is 19.1 Å². The third-order valence-corrected chi connectivity index (χ3v) is 3.89. The van der Waals surface area contributed by atoms with E-state index >= 15 is 0 Å². The smallest absolute Gasteiger partial charge is 0.264 e. The summed E-state index contributed by atoms with van der Waals surface area (Å²) in [6, 6.07) is 14.8. The number of anilines is 2. The zero-order valence-electron chi connectivity index (χ0n) is 14.0. The first-order chi connectivity index (χ1) is 12.1. The first-order valence-electron chi connectivity index (χ1n) is 8.15. The number of rotatable bonds is 6. The van der Waals surface area contributed by atoms with Crippen LogP contribution in [-0.4, -0.2) is 32.1 Å². The monoisotopic (exact) mass is 340 g/mol. The minimum absolute atomic E-state index is 0.0116. The lowest BCUT2D eigenvalue weighted by atomic mass is 10.2. The highest BCUT2D eigenvalue weighted by atomic mass is 16.5. The summed E-state index contributed by atoms with van der Waals surface area (Å²) in [5.74, 6) is 1.10. The van der Waals surface area contributed by atoms with Gasteiger partial charge in [0.05, 0.1) is 12.3 Å². The zero-order valence-corrected chi connectivity index (χ0v) is 14.0. The minimum atomic E-state index is -0.148. The number of hydrogen-bond donors (Lipinski definition) is 1. The van der Waals surface area contributed by atoms with Crippen LogP contribution < -0.4 is 19.7 Å². The Morgan fingerprint density at radius 3 is 2.80 bits per heavy atom. The Labute approximate surface area is 146 Å². The normalized spacial score (nSPS) is 13.0. The Bertz CT molecular complexity index is 761. The van der Waals surface area contributed by atoms with Gasteiger partial charge in [0.2, 0.25) is 5.91 Å². The quantitative estimate of drug-likeness (QED) is 0.821. The molecular formula is C19H20N2O4. The molecule has 0 radical (unpaired) electrons. The third kappa shape index (κ3) is 4.09. The molecule has 2 aromatic carbocycles. The van der Waals surface area contributed by atoms with Crippen LogP contribution in [0.5, 0.6) is 11.5 Å². The molecule has 0 saturated carbocycles. The predicted molar refractivity (Wildman–Crippen MR) is 95.1 cm³/mol. The fourth-order valence-corrected chi connectivity index (χ4v) is 2.60. The number of carbonyl (C=O) groups is 2. The van der Waals surface area contributed by atoms with Gasteiger partial charge in [-0.3, -0.25) is 9.59 Å². The van der Waals surface area contributed by atoms with Crippen molar-refractivity contribution in [1.82, 2.24) is 0 Å². The maximum atomic E-state index is 12.2. The van der Waals surface area contributed by atoms with E-state index in [-0.39, 0.29) is 18.4 Å². The van der Waals surface area contributed by atoms with Crippen molar-refractivity contribution in [3.05, 3.63) is 48.5 Å². The summed E-state index contributed by atoms with van der Waals surface area (Å²) in [5.41, 5.74) is 1.16. The molecule has 0 unspecified atom stereocenters. The molecule has 1 heterocycles. The molecule has 1 N–H and O–H groups in total. The second-order valence-electron chi connectivity index (χ2n) is 5.71. The molecule has 0 aromatic heterocycles. The molecule has 25 heavy (non-hydrogen) atoms. The van der Waals surface area contributed by atoms with Crippen molar-refractivity contribution in [2.75, 3.05) is 30.5 Å². The number of para-hydroxylation sites is 2. The first kappa shape index (κ1) is 16.8. The molecule has 0 fully saturated rings. The van der Waals surface area contributed by atoms with E-state index in [1.54, 1.807) is 25.2 Å². The Morgan fingerprint density at radius 2 is 2.00 bits per heavy atom. The second kappa shape index (κ2) is 7.70. The van der Waals surface area contributed by atoms with Gasteiger partial charge in [-0.2, -0.15) is 0 Å². The second-order valence-corrected chi connectivity index (χ2v) is 5.71. The topological polar surface area (TPSA) is 67.9 Å². The SMILES string of the molecule is CN1C(=O)COc2cccc(NC(=O)CCCOc3ccccc3)c21. The molecule has 2 amide bonds. The van der Waals surface area contributed by atoms with Gasteiger partial charge in [0, 0.05) is 13.5 Å². The number of nitrogens with one attached hydrogen (secondary N) is 1. The Kier molecular flexibility index (Phi) is 5.18. The highest BCUT2D eigenvalue weighted by Crippen LogP contribution is 2.38. The van der Waals surface area contributed by atoms with Crippen LogP contribution in [0.15, 0.2) is 48.5 Å². The van der Waals surface area contributed by atoms with Crippen LogP contribution in [0.25, 0.3) is 0 Å². The number of benzene rings is 2. The summed E-state index contributed by atoms with van der Waals surface area (Å²) in [4.78, 5) is 25.5. The summed E-state index contributed by atoms with van der Waals surface area (Å²) in [6.45, 7) is 0.476. The van der Waals surface area contributed by atoms with Crippen molar-refractivity contribution in [2.45, 2.75) is 12.8 Å². The van der Waals surface area contributed by atoms with Gasteiger partial charge in [-0.05, 0) is 30.7 Å². The Balaban J connectivity index is 1.54. The molecule has 0 aliphatic carbocycles. The van der Waals surface area contributed by atoms with Crippen LogP contribution in [0.3, 0.4) is 0 Å². The van der Waals surface area contributed by atoms with E-state index < -0.39 is 0 Å². The van der Waals surface area contributed by atoms with E-state index in [2.05, 4.69) is 5.32 Å². The summed E-state index contributed by atoms with van der Waals surface area (Å²) in [7, 11) is 1.67. The number of carbonyl (C=O) groups excluding carboxylic acids is 2. The average Bonchev–Trinajstić information content (AvgIpc) is 2.63. The molecule has 2 aromatic rings. The largest absolute Gasteiger partial charge is 0.494 e. The summed E-state index contributed by atoms with van der Waals surface area (Å²) >= 11 is 0. The number of ether oxygens (including phenoxy) is 2. The summed E-state index contributed by atoms with van der Waals surface area (Å²) in [5, 5.41) is 2.85. The van der Waals surface area contributed by atoms with E-state index in [0.29, 0.717) is 36.6 Å². The molecule has 6 heteroatoms. The van der Waals surface area contributed by atoms with Crippen molar-refractivity contribution >= 4 is 23.2 Å². The lowest BCUT2D eigenvalue weighted by molar-refractivity contribution is -0.121. The molecule has 0 saturated heterocycles. The van der Waals surface area contributed by atoms with Gasteiger partial charge in [-0.25, -0.2) is 0 Å². The van der Waals surface area contributed by atoms with E-state index in [0.717, 1.165) is 5.75 Å². The number of hydrogen-bond acceptors (Lipinski definition) is 4. The number of nitrogens with zero attached hydrogens (tertiary/aromatic N) is 1. The van der Waals surface area contributed by atoms with Gasteiger partial charge in [0.25, 0.3) is 5.91 Å². The van der Waals surface area contributed by atoms with Gasteiger partial charge in [0.1, 0.15) is 17.2 Å². The lowest BCUT2D eigenvalue weighted by Crippen LogP contribution is -2.36. The van der Waals surface area contributed by atoms with Crippen molar-refractivity contribution in [3.63, 3.8) is 0 Å². The molecule has 0 spiro atoms. The Hall–Kier alpha value is -3.02. The van der Waals surface area contributed by atoms with Crippen LogP contribution >= 0.6 is 0 Å². The predicted octanol–water partition coefficient (Wildman–Crippen LogP) is 2.84. The summed E-state index contributed by atoms with van der Waals surface area (Å²) < 4.78 is 11.0. The lowest BCUT2D eigenvalue weighted by Gasteiger charge is -2.28. The number of amides is 2. The maximum Gasteiger partial charge on any atom is 0.264 e. The van der Waals surface area contributed by atoms with Crippen LogP contribution in [0.2, 0.25) is 0 Å². The molecule has 6 nitrogen and oxygen atoms in total. The molecule has 3 rings (SSSR count). The van der Waals surface area contributed by atoms with Gasteiger partial charge < -0.3 is 19.7 Å². The van der Waals surface area contributed by atoms with E-state index in [1.807, 2.05) is 30.3 Å². The molecule has 130 valence electrons. The highest BCUT2D eigenvalue weighted by Gasteiger charge is 2.25. The molecule has 0 bridgehead atoms. The van der Waals surface area contributed by atoms with Crippen LogP contribution in [0, 0.1) is 0 Å². The number of likely N-dealkylation sites (N-methyl/N-ethyl adjacent to an activating group) is 1. The molecule has 0 atom stereocenters. The molecule has 1 aliphatic heterocycles. The van der Waals surface area contributed by atoms with E-state index in [9.17, 15) is 9.59 Å².